The van der Waals surface area contributed by atoms with Gasteiger partial charge in [-0.3, -0.25) is 0 Å². The fourth-order valence-electron chi connectivity index (χ4n) is 2.03. The van der Waals surface area contributed by atoms with Crippen LogP contribution in [0.5, 0.6) is 0 Å². The predicted octanol–water partition coefficient (Wildman–Crippen LogP) is 3.56. The predicted molar refractivity (Wildman–Crippen MR) is 67.7 cm³/mol. The van der Waals surface area contributed by atoms with Crippen molar-refractivity contribution in [3.63, 3.8) is 0 Å². The number of halogens is 2. The Balaban J connectivity index is 2.18. The zero-order valence-electron chi connectivity index (χ0n) is 8.83. The van der Waals surface area contributed by atoms with E-state index in [1.807, 2.05) is 18.2 Å². The fraction of sp³-hybridized carbons (Fsp3) is 0.500. The molecule has 0 amide bonds. The monoisotopic (exact) mass is 304 g/mol. The summed E-state index contributed by atoms with van der Waals surface area (Å²) in [5.74, 6) is 0.251. The van der Waals surface area contributed by atoms with Crippen molar-refractivity contribution in [3.8, 4) is 0 Å². The molecule has 1 unspecified atom stereocenters. The molecule has 1 saturated heterocycles. The summed E-state index contributed by atoms with van der Waals surface area (Å²) in [6.45, 7) is 1.46. The van der Waals surface area contributed by atoms with Gasteiger partial charge in [0.2, 0.25) is 0 Å². The molecule has 16 heavy (non-hydrogen) atoms. The van der Waals surface area contributed by atoms with Crippen LogP contribution in [-0.2, 0) is 4.74 Å². The van der Waals surface area contributed by atoms with Crippen LogP contribution in [0.25, 0.3) is 0 Å². The quantitative estimate of drug-likeness (QED) is 0.905. The highest BCUT2D eigenvalue weighted by Gasteiger charge is 2.25. The molecule has 88 valence electrons. The molecule has 4 heteroatoms. The molecule has 2 rings (SSSR count). The van der Waals surface area contributed by atoms with E-state index >= 15 is 0 Å². The summed E-state index contributed by atoms with van der Waals surface area (Å²) in [6, 6.07) is 5.58. The lowest BCUT2D eigenvalue weighted by Crippen LogP contribution is -2.22. The average molecular weight is 306 g/mol. The maximum absolute atomic E-state index is 10.3. The number of ether oxygens (including phenoxy) is 1. The Morgan fingerprint density at radius 1 is 1.38 bits per heavy atom. The standard InChI is InChI=1S/C12H14BrClO2/c13-9-1-2-11(14)10(7-9)12(15)8-3-5-16-6-4-8/h1-2,7-8,12,15H,3-6H2. The number of aliphatic hydroxyl groups excluding tert-OH is 1. The first-order valence-electron chi connectivity index (χ1n) is 5.39. The summed E-state index contributed by atoms with van der Waals surface area (Å²) in [4.78, 5) is 0. The minimum atomic E-state index is -0.492. The second-order valence-corrected chi connectivity index (χ2v) is 5.38. The first-order chi connectivity index (χ1) is 7.68. The van der Waals surface area contributed by atoms with Gasteiger partial charge in [0.05, 0.1) is 6.10 Å². The maximum atomic E-state index is 10.3. The Bertz CT molecular complexity index is 364. The third-order valence-electron chi connectivity index (χ3n) is 2.99. The van der Waals surface area contributed by atoms with E-state index in [9.17, 15) is 5.11 Å². The molecule has 1 heterocycles. The van der Waals surface area contributed by atoms with Gasteiger partial charge in [-0.1, -0.05) is 27.5 Å². The van der Waals surface area contributed by atoms with Gasteiger partial charge < -0.3 is 9.84 Å². The van der Waals surface area contributed by atoms with Crippen LogP contribution < -0.4 is 0 Å². The lowest BCUT2D eigenvalue weighted by atomic mass is 9.89. The van der Waals surface area contributed by atoms with Crippen LogP contribution in [0.4, 0.5) is 0 Å². The molecule has 1 aromatic carbocycles. The Morgan fingerprint density at radius 2 is 2.06 bits per heavy atom. The third kappa shape index (κ3) is 2.77. The molecule has 0 saturated carbocycles. The number of benzene rings is 1. The number of hydrogen-bond donors (Lipinski definition) is 1. The second kappa shape index (κ2) is 5.50. The van der Waals surface area contributed by atoms with E-state index in [0.717, 1.165) is 36.1 Å². The van der Waals surface area contributed by atoms with Crippen molar-refractivity contribution in [1.29, 1.82) is 0 Å². The highest BCUT2D eigenvalue weighted by Crippen LogP contribution is 2.34. The zero-order chi connectivity index (χ0) is 11.5. The van der Waals surface area contributed by atoms with Crippen molar-refractivity contribution >= 4 is 27.5 Å². The average Bonchev–Trinajstić information content (AvgIpc) is 2.32. The highest BCUT2D eigenvalue weighted by atomic mass is 79.9. The van der Waals surface area contributed by atoms with Gasteiger partial charge >= 0.3 is 0 Å². The van der Waals surface area contributed by atoms with E-state index < -0.39 is 6.10 Å². The van der Waals surface area contributed by atoms with Gasteiger partial charge in [-0.25, -0.2) is 0 Å². The summed E-state index contributed by atoms with van der Waals surface area (Å²) in [5, 5.41) is 10.9. The minimum Gasteiger partial charge on any atom is -0.388 e. The Kier molecular flexibility index (Phi) is 4.25. The molecule has 1 aliphatic heterocycles. The van der Waals surface area contributed by atoms with Gasteiger partial charge in [-0.05, 0) is 37.0 Å². The van der Waals surface area contributed by atoms with Crippen molar-refractivity contribution in [2.24, 2.45) is 5.92 Å². The maximum Gasteiger partial charge on any atom is 0.0834 e. The van der Waals surface area contributed by atoms with E-state index in [-0.39, 0.29) is 5.92 Å². The molecule has 1 N–H and O–H groups in total. The molecule has 1 aliphatic rings. The summed E-state index contributed by atoms with van der Waals surface area (Å²) < 4.78 is 6.23. The highest BCUT2D eigenvalue weighted by molar-refractivity contribution is 9.10. The van der Waals surface area contributed by atoms with Crippen LogP contribution in [-0.4, -0.2) is 18.3 Å². The first-order valence-corrected chi connectivity index (χ1v) is 6.56. The summed E-state index contributed by atoms with van der Waals surface area (Å²) >= 11 is 9.49. The van der Waals surface area contributed by atoms with Crippen molar-refractivity contribution in [1.82, 2.24) is 0 Å². The number of hydrogen-bond acceptors (Lipinski definition) is 2. The Hall–Kier alpha value is -0.0900. The van der Waals surface area contributed by atoms with Gasteiger partial charge in [0.1, 0.15) is 0 Å². The molecular formula is C12H14BrClO2. The van der Waals surface area contributed by atoms with Gasteiger partial charge in [0.15, 0.2) is 0 Å². The first kappa shape index (κ1) is 12.4. The van der Waals surface area contributed by atoms with Crippen molar-refractivity contribution in [3.05, 3.63) is 33.3 Å². The minimum absolute atomic E-state index is 0.251. The lowest BCUT2D eigenvalue weighted by Gasteiger charge is -2.27. The molecule has 1 atom stereocenters. The zero-order valence-corrected chi connectivity index (χ0v) is 11.2. The molecule has 0 radical (unpaired) electrons. The van der Waals surface area contributed by atoms with Crippen LogP contribution in [0.3, 0.4) is 0 Å². The van der Waals surface area contributed by atoms with E-state index in [2.05, 4.69) is 15.9 Å². The van der Waals surface area contributed by atoms with Gasteiger partial charge in [-0.15, -0.1) is 0 Å². The van der Waals surface area contributed by atoms with Crippen LogP contribution in [0.2, 0.25) is 5.02 Å². The third-order valence-corrected chi connectivity index (χ3v) is 3.83. The number of rotatable bonds is 2. The SMILES string of the molecule is OC(c1cc(Br)ccc1Cl)C1CCOCC1. The number of aliphatic hydroxyl groups is 1. The summed E-state index contributed by atoms with van der Waals surface area (Å²) in [5.41, 5.74) is 0.808. The smallest absolute Gasteiger partial charge is 0.0834 e. The molecule has 0 spiro atoms. The molecule has 1 fully saturated rings. The van der Waals surface area contributed by atoms with Gasteiger partial charge in [0.25, 0.3) is 0 Å². The van der Waals surface area contributed by atoms with Crippen LogP contribution in [0, 0.1) is 5.92 Å². The molecule has 0 aliphatic carbocycles. The fourth-order valence-corrected chi connectivity index (χ4v) is 2.63. The lowest BCUT2D eigenvalue weighted by molar-refractivity contribution is 0.00720. The molecule has 2 nitrogen and oxygen atoms in total. The van der Waals surface area contributed by atoms with E-state index in [1.165, 1.54) is 0 Å². The summed E-state index contributed by atoms with van der Waals surface area (Å²) in [7, 11) is 0. The molecule has 0 aromatic heterocycles. The van der Waals surface area contributed by atoms with Crippen molar-refractivity contribution in [2.75, 3.05) is 13.2 Å². The van der Waals surface area contributed by atoms with Crippen LogP contribution in [0.1, 0.15) is 24.5 Å². The molecule has 1 aromatic rings. The topological polar surface area (TPSA) is 29.5 Å². The van der Waals surface area contributed by atoms with Crippen molar-refractivity contribution in [2.45, 2.75) is 18.9 Å². The normalized spacial score (nSPS) is 19.7. The largest absolute Gasteiger partial charge is 0.388 e. The van der Waals surface area contributed by atoms with Gasteiger partial charge in [0, 0.05) is 28.3 Å². The van der Waals surface area contributed by atoms with Gasteiger partial charge in [-0.2, -0.15) is 0 Å². The van der Waals surface area contributed by atoms with Crippen molar-refractivity contribution < 1.29 is 9.84 Å². The molecule has 0 bridgehead atoms. The van der Waals surface area contributed by atoms with E-state index in [4.69, 9.17) is 16.3 Å². The van der Waals surface area contributed by atoms with Crippen LogP contribution >= 0.6 is 27.5 Å². The molecular weight excluding hydrogens is 291 g/mol. The second-order valence-electron chi connectivity index (χ2n) is 4.06. The van der Waals surface area contributed by atoms with Crippen LogP contribution in [0.15, 0.2) is 22.7 Å². The Labute approximate surface area is 109 Å². The van der Waals surface area contributed by atoms with E-state index in [1.54, 1.807) is 0 Å². The summed E-state index contributed by atoms with van der Waals surface area (Å²) in [6.07, 6.45) is 1.29. The Morgan fingerprint density at radius 3 is 2.75 bits per heavy atom. The van der Waals surface area contributed by atoms with E-state index in [0.29, 0.717) is 5.02 Å².